The minimum absolute atomic E-state index is 0.202. The van der Waals surface area contributed by atoms with Crippen LogP contribution < -0.4 is 10.2 Å². The summed E-state index contributed by atoms with van der Waals surface area (Å²) in [5.41, 5.74) is 1.60. The summed E-state index contributed by atoms with van der Waals surface area (Å²) in [5, 5.41) is 3.49. The zero-order chi connectivity index (χ0) is 14.2. The first-order chi connectivity index (χ1) is 9.62. The van der Waals surface area contributed by atoms with Gasteiger partial charge in [0.05, 0.1) is 11.4 Å². The highest BCUT2D eigenvalue weighted by atomic mass is 16.5. The van der Waals surface area contributed by atoms with Crippen molar-refractivity contribution in [1.29, 1.82) is 0 Å². The Labute approximate surface area is 120 Å². The van der Waals surface area contributed by atoms with Gasteiger partial charge >= 0.3 is 0 Å². The van der Waals surface area contributed by atoms with Crippen LogP contribution in [0.25, 0.3) is 0 Å². The first kappa shape index (κ1) is 13.4. The van der Waals surface area contributed by atoms with Gasteiger partial charge in [0.15, 0.2) is 0 Å². The standard InChI is InChI=1S/C16H22N2O2/c1-12(2)11-18-14-6-4-3-5-13(14)17-16(15(18)19)7-9-20-10-8-16/h3-6,12,17H,7-11H2,1-2H3. The van der Waals surface area contributed by atoms with E-state index in [1.54, 1.807) is 0 Å². The number of nitrogens with zero attached hydrogens (tertiary/aromatic N) is 1. The molecule has 2 heterocycles. The summed E-state index contributed by atoms with van der Waals surface area (Å²) in [6.07, 6.45) is 1.49. The molecule has 0 aromatic heterocycles. The summed E-state index contributed by atoms with van der Waals surface area (Å²) in [6.45, 7) is 6.36. The Hall–Kier alpha value is -1.55. The van der Waals surface area contributed by atoms with Gasteiger partial charge < -0.3 is 15.0 Å². The number of ether oxygens (including phenoxy) is 1. The van der Waals surface area contributed by atoms with Crippen molar-refractivity contribution in [2.45, 2.75) is 32.2 Å². The number of benzene rings is 1. The van der Waals surface area contributed by atoms with Crippen molar-refractivity contribution in [2.75, 3.05) is 30.0 Å². The summed E-state index contributed by atoms with van der Waals surface area (Å²) >= 11 is 0. The van der Waals surface area contributed by atoms with Crippen molar-refractivity contribution in [1.82, 2.24) is 0 Å². The van der Waals surface area contributed by atoms with Crippen molar-refractivity contribution in [3.05, 3.63) is 24.3 Å². The van der Waals surface area contributed by atoms with Gasteiger partial charge in [0.2, 0.25) is 0 Å². The van der Waals surface area contributed by atoms with Gasteiger partial charge in [0.25, 0.3) is 5.91 Å². The van der Waals surface area contributed by atoms with E-state index in [1.807, 2.05) is 23.1 Å². The van der Waals surface area contributed by atoms with Crippen LogP contribution in [0.1, 0.15) is 26.7 Å². The fraction of sp³-hybridized carbons (Fsp3) is 0.562. The zero-order valence-electron chi connectivity index (χ0n) is 12.2. The molecule has 1 fully saturated rings. The van der Waals surface area contributed by atoms with Crippen molar-refractivity contribution in [2.24, 2.45) is 5.92 Å². The molecule has 0 unspecified atom stereocenters. The number of para-hydroxylation sites is 2. The normalized spacial score (nSPS) is 20.9. The van der Waals surface area contributed by atoms with Gasteiger partial charge in [-0.25, -0.2) is 0 Å². The van der Waals surface area contributed by atoms with E-state index in [4.69, 9.17) is 4.74 Å². The molecule has 2 aliphatic heterocycles. The van der Waals surface area contributed by atoms with Crippen LogP contribution in [0.4, 0.5) is 11.4 Å². The van der Waals surface area contributed by atoms with Crippen LogP contribution in [0.15, 0.2) is 24.3 Å². The van der Waals surface area contributed by atoms with Gasteiger partial charge in [0, 0.05) is 32.6 Å². The first-order valence-electron chi connectivity index (χ1n) is 7.39. The van der Waals surface area contributed by atoms with Crippen molar-refractivity contribution in [3.8, 4) is 0 Å². The molecule has 0 aliphatic carbocycles. The van der Waals surface area contributed by atoms with Crippen LogP contribution in [0.3, 0.4) is 0 Å². The number of carbonyl (C=O) groups is 1. The minimum atomic E-state index is -0.471. The second kappa shape index (κ2) is 5.09. The lowest BCUT2D eigenvalue weighted by molar-refractivity contribution is -0.126. The van der Waals surface area contributed by atoms with Gasteiger partial charge in [-0.15, -0.1) is 0 Å². The molecule has 3 rings (SSSR count). The molecule has 0 saturated carbocycles. The van der Waals surface area contributed by atoms with Gasteiger partial charge in [-0.05, 0) is 18.1 Å². The lowest BCUT2D eigenvalue weighted by atomic mass is 9.85. The number of anilines is 2. The molecule has 4 nitrogen and oxygen atoms in total. The summed E-state index contributed by atoms with van der Waals surface area (Å²) in [6, 6.07) is 8.09. The topological polar surface area (TPSA) is 41.6 Å². The summed E-state index contributed by atoms with van der Waals surface area (Å²) < 4.78 is 5.44. The molecular weight excluding hydrogens is 252 g/mol. The molecule has 1 saturated heterocycles. The van der Waals surface area contributed by atoms with E-state index in [9.17, 15) is 4.79 Å². The predicted molar refractivity (Wildman–Crippen MR) is 80.0 cm³/mol. The van der Waals surface area contributed by atoms with Gasteiger partial charge in [-0.1, -0.05) is 26.0 Å². The fourth-order valence-corrected chi connectivity index (χ4v) is 3.10. The Morgan fingerprint density at radius 2 is 2.00 bits per heavy atom. The lowest BCUT2D eigenvalue weighted by Gasteiger charge is -2.46. The highest BCUT2D eigenvalue weighted by molar-refractivity contribution is 6.07. The molecule has 0 radical (unpaired) electrons. The number of rotatable bonds is 2. The fourth-order valence-electron chi connectivity index (χ4n) is 3.10. The molecule has 0 bridgehead atoms. The number of amides is 1. The van der Waals surface area contributed by atoms with E-state index < -0.39 is 5.54 Å². The maximum atomic E-state index is 13.0. The summed E-state index contributed by atoms with van der Waals surface area (Å²) in [7, 11) is 0. The maximum Gasteiger partial charge on any atom is 0.252 e. The maximum absolute atomic E-state index is 13.0. The molecule has 4 heteroatoms. The number of fused-ring (bicyclic) bond motifs is 1. The van der Waals surface area contributed by atoms with E-state index in [0.29, 0.717) is 19.1 Å². The Balaban J connectivity index is 2.01. The smallest absolute Gasteiger partial charge is 0.252 e. The quantitative estimate of drug-likeness (QED) is 0.901. The molecule has 1 aromatic carbocycles. The molecule has 0 atom stereocenters. The number of hydrogen-bond acceptors (Lipinski definition) is 3. The predicted octanol–water partition coefficient (Wildman–Crippen LogP) is 2.65. The van der Waals surface area contributed by atoms with Crippen LogP contribution in [-0.4, -0.2) is 31.2 Å². The summed E-state index contributed by atoms with van der Waals surface area (Å²) in [5.74, 6) is 0.648. The van der Waals surface area contributed by atoms with E-state index in [2.05, 4.69) is 25.2 Å². The SMILES string of the molecule is CC(C)CN1C(=O)C2(CCOCC2)Nc2ccccc21. The van der Waals surface area contributed by atoms with E-state index in [0.717, 1.165) is 30.8 Å². The van der Waals surface area contributed by atoms with Crippen LogP contribution >= 0.6 is 0 Å². The van der Waals surface area contributed by atoms with Gasteiger partial charge in [-0.3, -0.25) is 4.79 Å². The van der Waals surface area contributed by atoms with Gasteiger partial charge in [-0.2, -0.15) is 0 Å². The van der Waals surface area contributed by atoms with Crippen LogP contribution in [0, 0.1) is 5.92 Å². The highest BCUT2D eigenvalue weighted by Gasteiger charge is 2.46. The summed E-state index contributed by atoms with van der Waals surface area (Å²) in [4.78, 5) is 15.0. The Morgan fingerprint density at radius 3 is 2.70 bits per heavy atom. The Kier molecular flexibility index (Phi) is 3.42. The first-order valence-corrected chi connectivity index (χ1v) is 7.39. The third-order valence-corrected chi connectivity index (χ3v) is 4.12. The zero-order valence-corrected chi connectivity index (χ0v) is 12.2. The van der Waals surface area contributed by atoms with Gasteiger partial charge in [0.1, 0.15) is 5.54 Å². The molecular formula is C16H22N2O2. The molecule has 108 valence electrons. The number of hydrogen-bond donors (Lipinski definition) is 1. The Bertz CT molecular complexity index is 507. The average molecular weight is 274 g/mol. The monoisotopic (exact) mass is 274 g/mol. The van der Waals surface area contributed by atoms with Crippen molar-refractivity contribution in [3.63, 3.8) is 0 Å². The van der Waals surface area contributed by atoms with Crippen molar-refractivity contribution >= 4 is 17.3 Å². The molecule has 1 N–H and O–H groups in total. The third-order valence-electron chi connectivity index (χ3n) is 4.12. The average Bonchev–Trinajstić information content (AvgIpc) is 2.45. The molecule has 1 amide bonds. The van der Waals surface area contributed by atoms with Crippen molar-refractivity contribution < 1.29 is 9.53 Å². The van der Waals surface area contributed by atoms with E-state index in [1.165, 1.54) is 0 Å². The minimum Gasteiger partial charge on any atom is -0.381 e. The third kappa shape index (κ3) is 2.18. The molecule has 20 heavy (non-hydrogen) atoms. The van der Waals surface area contributed by atoms with E-state index in [-0.39, 0.29) is 5.91 Å². The molecule has 1 spiro atoms. The Morgan fingerprint density at radius 1 is 1.30 bits per heavy atom. The van der Waals surface area contributed by atoms with Crippen LogP contribution in [-0.2, 0) is 9.53 Å². The molecule has 2 aliphatic rings. The lowest BCUT2D eigenvalue weighted by Crippen LogP contribution is -2.60. The number of carbonyl (C=O) groups excluding carboxylic acids is 1. The highest BCUT2D eigenvalue weighted by Crippen LogP contribution is 2.39. The largest absolute Gasteiger partial charge is 0.381 e. The van der Waals surface area contributed by atoms with Crippen LogP contribution in [0.5, 0.6) is 0 Å². The second-order valence-electron chi connectivity index (χ2n) is 6.15. The van der Waals surface area contributed by atoms with Crippen LogP contribution in [0.2, 0.25) is 0 Å². The second-order valence-corrected chi connectivity index (χ2v) is 6.15. The van der Waals surface area contributed by atoms with E-state index >= 15 is 0 Å². The molecule has 1 aromatic rings. The number of nitrogens with one attached hydrogen (secondary N) is 1.